The number of hydrogen-bond acceptors (Lipinski definition) is 5. The van der Waals surface area contributed by atoms with E-state index in [-0.39, 0.29) is 12.5 Å². The predicted molar refractivity (Wildman–Crippen MR) is 83.1 cm³/mol. The standard InChI is InChI=1S/C16H22F3N3O3/c1-15(2,3)25-14(23)22-8-4-5-11(9-22)10-24-13-12(16(17,18)19)20-6-7-21-13/h6-7,11H,4-5,8-10H2,1-3H3. The van der Waals surface area contributed by atoms with Crippen LogP contribution in [0.5, 0.6) is 5.88 Å². The fourth-order valence-electron chi connectivity index (χ4n) is 2.52. The van der Waals surface area contributed by atoms with Crippen LogP contribution in [0.15, 0.2) is 12.4 Å². The van der Waals surface area contributed by atoms with Crippen molar-refractivity contribution < 1.29 is 27.4 Å². The van der Waals surface area contributed by atoms with Gasteiger partial charge in [-0.05, 0) is 33.6 Å². The highest BCUT2D eigenvalue weighted by molar-refractivity contribution is 5.68. The number of hydrogen-bond donors (Lipinski definition) is 0. The minimum Gasteiger partial charge on any atom is -0.476 e. The lowest BCUT2D eigenvalue weighted by molar-refractivity contribution is -0.143. The number of likely N-dealkylation sites (tertiary alicyclic amines) is 1. The average molecular weight is 361 g/mol. The third-order valence-corrected chi connectivity index (χ3v) is 3.56. The van der Waals surface area contributed by atoms with E-state index in [1.807, 2.05) is 0 Å². The summed E-state index contributed by atoms with van der Waals surface area (Å²) in [7, 11) is 0. The van der Waals surface area contributed by atoms with Gasteiger partial charge < -0.3 is 14.4 Å². The number of carbonyl (C=O) groups excluding carboxylic acids is 1. The Kier molecular flexibility index (Phi) is 5.74. The summed E-state index contributed by atoms with van der Waals surface area (Å²) >= 11 is 0. The molecule has 2 rings (SSSR count). The Labute approximate surface area is 144 Å². The van der Waals surface area contributed by atoms with Gasteiger partial charge in [-0.2, -0.15) is 13.2 Å². The van der Waals surface area contributed by atoms with Crippen molar-refractivity contribution in [3.8, 4) is 5.88 Å². The molecule has 1 fully saturated rings. The SMILES string of the molecule is CC(C)(C)OC(=O)N1CCCC(COc2nccnc2C(F)(F)F)C1. The van der Waals surface area contributed by atoms with Gasteiger partial charge in [0.2, 0.25) is 11.6 Å². The lowest BCUT2D eigenvalue weighted by atomic mass is 9.99. The van der Waals surface area contributed by atoms with Crippen molar-refractivity contribution in [3.63, 3.8) is 0 Å². The fraction of sp³-hybridized carbons (Fsp3) is 0.688. The molecule has 1 unspecified atom stereocenters. The number of rotatable bonds is 3. The summed E-state index contributed by atoms with van der Waals surface area (Å²) in [4.78, 5) is 20.6. The van der Waals surface area contributed by atoms with Gasteiger partial charge in [-0.15, -0.1) is 0 Å². The van der Waals surface area contributed by atoms with Gasteiger partial charge >= 0.3 is 12.3 Å². The maximum absolute atomic E-state index is 12.9. The Morgan fingerprint density at radius 2 is 1.96 bits per heavy atom. The molecule has 1 aliphatic rings. The number of aromatic nitrogens is 2. The van der Waals surface area contributed by atoms with E-state index >= 15 is 0 Å². The Hall–Kier alpha value is -2.06. The van der Waals surface area contributed by atoms with Crippen LogP contribution in [-0.2, 0) is 10.9 Å². The maximum atomic E-state index is 12.9. The molecule has 6 nitrogen and oxygen atoms in total. The van der Waals surface area contributed by atoms with E-state index < -0.39 is 29.4 Å². The molecule has 1 atom stereocenters. The molecule has 0 aromatic carbocycles. The molecule has 1 aliphatic heterocycles. The summed E-state index contributed by atoms with van der Waals surface area (Å²) in [5.41, 5.74) is -1.74. The number of alkyl halides is 3. The Balaban J connectivity index is 1.95. The van der Waals surface area contributed by atoms with Gasteiger partial charge in [-0.3, -0.25) is 0 Å². The van der Waals surface area contributed by atoms with Crippen LogP contribution in [0.25, 0.3) is 0 Å². The summed E-state index contributed by atoms with van der Waals surface area (Å²) in [6, 6.07) is 0. The molecule has 1 aromatic heterocycles. The number of carbonyl (C=O) groups is 1. The zero-order valence-electron chi connectivity index (χ0n) is 14.5. The Morgan fingerprint density at radius 1 is 1.28 bits per heavy atom. The lowest BCUT2D eigenvalue weighted by Crippen LogP contribution is -2.44. The number of nitrogens with zero attached hydrogens (tertiary/aromatic N) is 3. The lowest BCUT2D eigenvalue weighted by Gasteiger charge is -2.34. The van der Waals surface area contributed by atoms with Crippen molar-refractivity contribution in [2.24, 2.45) is 5.92 Å². The average Bonchev–Trinajstić information content (AvgIpc) is 2.51. The van der Waals surface area contributed by atoms with Gasteiger partial charge in [0.1, 0.15) is 5.60 Å². The van der Waals surface area contributed by atoms with E-state index in [0.717, 1.165) is 25.2 Å². The van der Waals surface area contributed by atoms with E-state index in [9.17, 15) is 18.0 Å². The highest BCUT2D eigenvalue weighted by Gasteiger charge is 2.37. The molecular formula is C16H22F3N3O3. The third kappa shape index (κ3) is 5.75. The molecular weight excluding hydrogens is 339 g/mol. The van der Waals surface area contributed by atoms with Crippen molar-refractivity contribution in [3.05, 3.63) is 18.1 Å². The molecule has 2 heterocycles. The number of piperidine rings is 1. The van der Waals surface area contributed by atoms with Crippen LogP contribution in [0.3, 0.4) is 0 Å². The largest absolute Gasteiger partial charge is 0.476 e. The Morgan fingerprint density at radius 3 is 2.60 bits per heavy atom. The van der Waals surface area contributed by atoms with Crippen LogP contribution in [0.4, 0.5) is 18.0 Å². The highest BCUT2D eigenvalue weighted by atomic mass is 19.4. The fourth-order valence-corrected chi connectivity index (χ4v) is 2.52. The molecule has 0 spiro atoms. The summed E-state index contributed by atoms with van der Waals surface area (Å²) in [5, 5.41) is 0. The quantitative estimate of drug-likeness (QED) is 0.824. The van der Waals surface area contributed by atoms with Gasteiger partial charge in [0.05, 0.1) is 6.61 Å². The van der Waals surface area contributed by atoms with E-state index in [1.165, 1.54) is 0 Å². The molecule has 0 saturated carbocycles. The smallest absolute Gasteiger partial charge is 0.438 e. The molecule has 140 valence electrons. The molecule has 1 amide bonds. The van der Waals surface area contributed by atoms with E-state index in [0.29, 0.717) is 13.1 Å². The second-order valence-corrected chi connectivity index (χ2v) is 6.95. The van der Waals surface area contributed by atoms with Crippen LogP contribution in [0.2, 0.25) is 0 Å². The summed E-state index contributed by atoms with van der Waals surface area (Å²) in [6.07, 6.45) is -1.44. The van der Waals surface area contributed by atoms with E-state index in [1.54, 1.807) is 25.7 Å². The van der Waals surface area contributed by atoms with Crippen molar-refractivity contribution in [2.75, 3.05) is 19.7 Å². The zero-order chi connectivity index (χ0) is 18.7. The van der Waals surface area contributed by atoms with Crippen molar-refractivity contribution in [1.29, 1.82) is 0 Å². The summed E-state index contributed by atoms with van der Waals surface area (Å²) in [5.74, 6) is -0.631. The van der Waals surface area contributed by atoms with Crippen LogP contribution in [0.1, 0.15) is 39.3 Å². The molecule has 0 bridgehead atoms. The van der Waals surface area contributed by atoms with Gasteiger partial charge in [0.25, 0.3) is 0 Å². The van der Waals surface area contributed by atoms with E-state index in [2.05, 4.69) is 9.97 Å². The van der Waals surface area contributed by atoms with Crippen LogP contribution in [0, 0.1) is 5.92 Å². The van der Waals surface area contributed by atoms with Crippen LogP contribution < -0.4 is 4.74 Å². The van der Waals surface area contributed by atoms with Crippen molar-refractivity contribution in [2.45, 2.75) is 45.4 Å². The van der Waals surface area contributed by atoms with Crippen molar-refractivity contribution in [1.82, 2.24) is 14.9 Å². The molecule has 1 saturated heterocycles. The summed E-state index contributed by atoms with van der Waals surface area (Å²) < 4.78 is 49.2. The maximum Gasteiger partial charge on any atom is 0.438 e. The van der Waals surface area contributed by atoms with Gasteiger partial charge in [0.15, 0.2) is 0 Å². The van der Waals surface area contributed by atoms with Crippen molar-refractivity contribution >= 4 is 6.09 Å². The molecule has 9 heteroatoms. The molecule has 0 N–H and O–H groups in total. The van der Waals surface area contributed by atoms with Gasteiger partial charge in [-0.25, -0.2) is 14.8 Å². The van der Waals surface area contributed by atoms with Gasteiger partial charge in [-0.1, -0.05) is 0 Å². The first-order chi connectivity index (χ1) is 11.6. The monoisotopic (exact) mass is 361 g/mol. The predicted octanol–water partition coefficient (Wildman–Crippen LogP) is 3.52. The minimum absolute atomic E-state index is 0.0288. The minimum atomic E-state index is -4.63. The van der Waals surface area contributed by atoms with Crippen LogP contribution in [-0.4, -0.2) is 46.3 Å². The number of ether oxygens (including phenoxy) is 2. The van der Waals surface area contributed by atoms with Gasteiger partial charge in [0, 0.05) is 31.4 Å². The topological polar surface area (TPSA) is 64.5 Å². The zero-order valence-corrected chi connectivity index (χ0v) is 14.5. The highest BCUT2D eigenvalue weighted by Crippen LogP contribution is 2.33. The Bertz CT molecular complexity index is 602. The second-order valence-electron chi connectivity index (χ2n) is 6.95. The second kappa shape index (κ2) is 7.45. The number of amides is 1. The first-order valence-corrected chi connectivity index (χ1v) is 8.05. The first kappa shape index (κ1) is 19.3. The number of halogens is 3. The normalized spacial score (nSPS) is 18.8. The molecule has 0 radical (unpaired) electrons. The molecule has 1 aromatic rings. The molecule has 25 heavy (non-hydrogen) atoms. The molecule has 0 aliphatic carbocycles. The third-order valence-electron chi connectivity index (χ3n) is 3.56. The van der Waals surface area contributed by atoms with Crippen LogP contribution >= 0.6 is 0 Å². The summed E-state index contributed by atoms with van der Waals surface area (Å²) in [6.45, 7) is 6.30. The first-order valence-electron chi connectivity index (χ1n) is 8.05. The van der Waals surface area contributed by atoms with E-state index in [4.69, 9.17) is 9.47 Å².